The third kappa shape index (κ3) is 2.32. The molecular weight excluding hydrogens is 214 g/mol. The van der Waals surface area contributed by atoms with Crippen LogP contribution >= 0.6 is 0 Å². The maximum atomic E-state index is 8.84. The fourth-order valence-electron chi connectivity index (χ4n) is 1.46. The maximum Gasteiger partial charge on any atom is 0.138 e. The molecule has 0 radical (unpaired) electrons. The minimum Gasteiger partial charge on any atom is -0.384 e. The Kier molecular flexibility index (Phi) is 2.88. The van der Waals surface area contributed by atoms with Crippen LogP contribution in [0, 0.1) is 11.3 Å². The maximum absolute atomic E-state index is 8.84. The second kappa shape index (κ2) is 4.49. The third-order valence-electron chi connectivity index (χ3n) is 2.38. The van der Waals surface area contributed by atoms with Crippen LogP contribution in [-0.2, 0) is 0 Å². The number of aromatic nitrogens is 2. The lowest BCUT2D eigenvalue weighted by atomic mass is 10.2. The van der Waals surface area contributed by atoms with Crippen molar-refractivity contribution in [3.8, 4) is 6.07 Å². The molecule has 0 fully saturated rings. The van der Waals surface area contributed by atoms with E-state index in [4.69, 9.17) is 11.0 Å². The van der Waals surface area contributed by atoms with Gasteiger partial charge in [0.2, 0.25) is 0 Å². The van der Waals surface area contributed by atoms with Gasteiger partial charge in [0.15, 0.2) is 0 Å². The zero-order valence-corrected chi connectivity index (χ0v) is 9.33. The SMILES string of the molecule is CN(c1cccc(C#N)c1)c1cc(N)ncn1. The van der Waals surface area contributed by atoms with Crippen molar-refractivity contribution in [3.05, 3.63) is 42.2 Å². The summed E-state index contributed by atoms with van der Waals surface area (Å²) in [6, 6.07) is 11.1. The van der Waals surface area contributed by atoms with Gasteiger partial charge in [-0.05, 0) is 18.2 Å². The van der Waals surface area contributed by atoms with Crippen LogP contribution in [0.3, 0.4) is 0 Å². The molecule has 5 heteroatoms. The van der Waals surface area contributed by atoms with Gasteiger partial charge < -0.3 is 10.6 Å². The molecule has 0 aliphatic heterocycles. The van der Waals surface area contributed by atoms with Crippen molar-refractivity contribution >= 4 is 17.3 Å². The first-order valence-electron chi connectivity index (χ1n) is 5.02. The number of nitrogen functional groups attached to an aromatic ring is 1. The van der Waals surface area contributed by atoms with Gasteiger partial charge in [0.25, 0.3) is 0 Å². The van der Waals surface area contributed by atoms with Crippen molar-refractivity contribution in [2.24, 2.45) is 0 Å². The van der Waals surface area contributed by atoms with Crippen molar-refractivity contribution in [2.45, 2.75) is 0 Å². The van der Waals surface area contributed by atoms with Crippen molar-refractivity contribution in [3.63, 3.8) is 0 Å². The summed E-state index contributed by atoms with van der Waals surface area (Å²) in [7, 11) is 1.86. The number of nitrogens with two attached hydrogens (primary N) is 1. The Morgan fingerprint density at radius 2 is 2.12 bits per heavy atom. The predicted molar refractivity (Wildman–Crippen MR) is 65.7 cm³/mol. The Morgan fingerprint density at radius 1 is 1.29 bits per heavy atom. The van der Waals surface area contributed by atoms with Gasteiger partial charge in [-0.2, -0.15) is 5.26 Å². The lowest BCUT2D eigenvalue weighted by Crippen LogP contribution is -2.12. The van der Waals surface area contributed by atoms with Crippen molar-refractivity contribution in [2.75, 3.05) is 17.7 Å². The monoisotopic (exact) mass is 225 g/mol. The number of nitrogens with zero attached hydrogens (tertiary/aromatic N) is 4. The molecule has 2 N–H and O–H groups in total. The highest BCUT2D eigenvalue weighted by Gasteiger charge is 2.06. The van der Waals surface area contributed by atoms with Gasteiger partial charge in [0.05, 0.1) is 11.6 Å². The van der Waals surface area contributed by atoms with Crippen LogP contribution in [0.2, 0.25) is 0 Å². The summed E-state index contributed by atoms with van der Waals surface area (Å²) in [5.41, 5.74) is 7.09. The van der Waals surface area contributed by atoms with Crippen molar-refractivity contribution < 1.29 is 0 Å². The average molecular weight is 225 g/mol. The second-order valence-corrected chi connectivity index (χ2v) is 3.52. The molecule has 0 saturated carbocycles. The molecule has 0 aliphatic rings. The van der Waals surface area contributed by atoms with Crippen LogP contribution in [0.4, 0.5) is 17.3 Å². The molecule has 0 atom stereocenters. The third-order valence-corrected chi connectivity index (χ3v) is 2.38. The smallest absolute Gasteiger partial charge is 0.138 e. The van der Waals surface area contributed by atoms with E-state index in [0.717, 1.165) is 5.69 Å². The Labute approximate surface area is 99.1 Å². The quantitative estimate of drug-likeness (QED) is 0.841. The Balaban J connectivity index is 2.37. The standard InChI is InChI=1S/C12H11N5/c1-17(12-6-11(14)15-8-16-12)10-4-2-3-9(5-10)7-13/h2-6,8H,1H3,(H2,14,15,16). The normalized spacial score (nSPS) is 9.65. The topological polar surface area (TPSA) is 78.8 Å². The molecule has 5 nitrogen and oxygen atoms in total. The summed E-state index contributed by atoms with van der Waals surface area (Å²) < 4.78 is 0. The summed E-state index contributed by atoms with van der Waals surface area (Å²) >= 11 is 0. The van der Waals surface area contributed by atoms with Gasteiger partial charge in [-0.1, -0.05) is 6.07 Å². The average Bonchev–Trinajstić information content (AvgIpc) is 2.38. The lowest BCUT2D eigenvalue weighted by Gasteiger charge is -2.18. The fraction of sp³-hybridized carbons (Fsp3) is 0.0833. The molecule has 0 unspecified atom stereocenters. The van der Waals surface area contributed by atoms with E-state index in [2.05, 4.69) is 16.0 Å². The first kappa shape index (κ1) is 10.9. The minimum atomic E-state index is 0.415. The molecular formula is C12H11N5. The van der Waals surface area contributed by atoms with Crippen LogP contribution in [0.25, 0.3) is 0 Å². The molecule has 2 rings (SSSR count). The van der Waals surface area contributed by atoms with Crippen LogP contribution in [0.5, 0.6) is 0 Å². The molecule has 1 aromatic heterocycles. The summed E-state index contributed by atoms with van der Waals surface area (Å²) in [5, 5.41) is 8.84. The van der Waals surface area contributed by atoms with Gasteiger partial charge in [-0.15, -0.1) is 0 Å². The number of rotatable bonds is 2. The number of hydrogen-bond donors (Lipinski definition) is 1. The number of hydrogen-bond acceptors (Lipinski definition) is 5. The van der Waals surface area contributed by atoms with Crippen molar-refractivity contribution in [1.82, 2.24) is 9.97 Å². The summed E-state index contributed by atoms with van der Waals surface area (Å²) in [6.45, 7) is 0. The molecule has 0 aliphatic carbocycles. The Bertz CT molecular complexity index is 573. The number of benzene rings is 1. The largest absolute Gasteiger partial charge is 0.384 e. The van der Waals surface area contributed by atoms with E-state index < -0.39 is 0 Å². The molecule has 17 heavy (non-hydrogen) atoms. The summed E-state index contributed by atoms with van der Waals surface area (Å²) in [4.78, 5) is 9.81. The molecule has 0 amide bonds. The van der Waals surface area contributed by atoms with Gasteiger partial charge in [0, 0.05) is 18.8 Å². The summed E-state index contributed by atoms with van der Waals surface area (Å²) in [6.07, 6.45) is 1.41. The van der Waals surface area contributed by atoms with Gasteiger partial charge in [0.1, 0.15) is 18.0 Å². The van der Waals surface area contributed by atoms with Gasteiger partial charge in [-0.25, -0.2) is 9.97 Å². The highest BCUT2D eigenvalue weighted by Crippen LogP contribution is 2.22. The molecule has 2 aromatic rings. The Hall–Kier alpha value is -2.61. The fourth-order valence-corrected chi connectivity index (χ4v) is 1.46. The lowest BCUT2D eigenvalue weighted by molar-refractivity contribution is 1.08. The highest BCUT2D eigenvalue weighted by atomic mass is 15.2. The van der Waals surface area contributed by atoms with E-state index >= 15 is 0 Å². The minimum absolute atomic E-state index is 0.415. The molecule has 0 saturated heterocycles. The van der Waals surface area contributed by atoms with E-state index in [-0.39, 0.29) is 0 Å². The number of nitriles is 1. The van der Waals surface area contributed by atoms with E-state index in [0.29, 0.717) is 17.2 Å². The van der Waals surface area contributed by atoms with E-state index in [1.54, 1.807) is 18.2 Å². The second-order valence-electron chi connectivity index (χ2n) is 3.52. The van der Waals surface area contributed by atoms with Crippen LogP contribution in [0.1, 0.15) is 5.56 Å². The summed E-state index contributed by atoms with van der Waals surface area (Å²) in [5.74, 6) is 1.10. The predicted octanol–water partition coefficient (Wildman–Crippen LogP) is 1.70. The highest BCUT2D eigenvalue weighted by molar-refractivity contribution is 5.62. The van der Waals surface area contributed by atoms with E-state index in [1.165, 1.54) is 6.33 Å². The number of anilines is 3. The van der Waals surface area contributed by atoms with E-state index in [9.17, 15) is 0 Å². The zero-order chi connectivity index (χ0) is 12.3. The molecule has 1 aromatic carbocycles. The Morgan fingerprint density at radius 3 is 2.82 bits per heavy atom. The molecule has 0 spiro atoms. The molecule has 1 heterocycles. The van der Waals surface area contributed by atoms with Gasteiger partial charge in [-0.3, -0.25) is 0 Å². The van der Waals surface area contributed by atoms with Crippen LogP contribution < -0.4 is 10.6 Å². The van der Waals surface area contributed by atoms with E-state index in [1.807, 2.05) is 24.1 Å². The van der Waals surface area contributed by atoms with Crippen LogP contribution in [0.15, 0.2) is 36.7 Å². The first-order valence-corrected chi connectivity index (χ1v) is 5.02. The molecule has 0 bridgehead atoms. The first-order chi connectivity index (χ1) is 8.20. The van der Waals surface area contributed by atoms with Crippen molar-refractivity contribution in [1.29, 1.82) is 5.26 Å². The molecule has 84 valence electrons. The zero-order valence-electron chi connectivity index (χ0n) is 9.33. The van der Waals surface area contributed by atoms with Gasteiger partial charge >= 0.3 is 0 Å². The van der Waals surface area contributed by atoms with Crippen LogP contribution in [-0.4, -0.2) is 17.0 Å².